The van der Waals surface area contributed by atoms with Crippen molar-refractivity contribution in [2.24, 2.45) is 5.92 Å². The van der Waals surface area contributed by atoms with Crippen LogP contribution in [0.3, 0.4) is 0 Å². The van der Waals surface area contributed by atoms with Crippen LogP contribution in [0.15, 0.2) is 30.3 Å². The van der Waals surface area contributed by atoms with E-state index in [9.17, 15) is 14.4 Å². The fourth-order valence-electron chi connectivity index (χ4n) is 2.62. The largest absolute Gasteiger partial charge is 0.467 e. The highest BCUT2D eigenvalue weighted by Gasteiger charge is 2.32. The van der Waals surface area contributed by atoms with Crippen LogP contribution in [0.4, 0.5) is 0 Å². The number of methoxy groups -OCH3 is 1. The minimum absolute atomic E-state index is 0.289. The Bertz CT molecular complexity index is 584. The summed E-state index contributed by atoms with van der Waals surface area (Å²) in [6.07, 6.45) is 3.09. The molecule has 0 aliphatic heterocycles. The minimum atomic E-state index is -0.726. The highest BCUT2D eigenvalue weighted by atomic mass is 16.5. The van der Waals surface area contributed by atoms with E-state index in [4.69, 9.17) is 4.74 Å². The number of ether oxygens (including phenoxy) is 1. The van der Waals surface area contributed by atoms with Gasteiger partial charge < -0.3 is 15.4 Å². The normalized spacial score (nSPS) is 15.9. The summed E-state index contributed by atoms with van der Waals surface area (Å²) >= 11 is 0. The molecule has 6 nitrogen and oxygen atoms in total. The third-order valence-corrected chi connectivity index (χ3v) is 4.04. The molecule has 0 radical (unpaired) electrons. The molecule has 1 aliphatic rings. The summed E-state index contributed by atoms with van der Waals surface area (Å²) in [7, 11) is 1.31. The van der Waals surface area contributed by atoms with Gasteiger partial charge in [-0.1, -0.05) is 43.2 Å². The number of carbonyl (C=O) groups excluding carboxylic acids is 3. The molecule has 2 N–H and O–H groups in total. The highest BCUT2D eigenvalue weighted by Crippen LogP contribution is 2.33. The van der Waals surface area contributed by atoms with E-state index in [2.05, 4.69) is 10.6 Å². The second kappa shape index (κ2) is 8.47. The molecular weight excluding hydrogens is 308 g/mol. The lowest BCUT2D eigenvalue weighted by Gasteiger charge is -2.22. The smallest absolute Gasteiger partial charge is 0.328 e. The Morgan fingerprint density at radius 2 is 1.79 bits per heavy atom. The molecule has 0 saturated heterocycles. The molecule has 130 valence electrons. The molecule has 24 heavy (non-hydrogen) atoms. The standard InChI is InChI=1S/C18H24N2O4/c1-12(21)19-15(10-13-6-4-3-5-7-13)17(22)20-16(18(23)24-2)11-14-8-9-14/h3-7,14-16H,8-11H2,1-2H3,(H,19,21)(H,20,22)/t15-,16-/m1/s1. The van der Waals surface area contributed by atoms with Crippen LogP contribution < -0.4 is 10.6 Å². The molecule has 6 heteroatoms. The van der Waals surface area contributed by atoms with Gasteiger partial charge in [0.15, 0.2) is 0 Å². The molecule has 1 saturated carbocycles. The van der Waals surface area contributed by atoms with Crippen LogP contribution >= 0.6 is 0 Å². The monoisotopic (exact) mass is 332 g/mol. The molecule has 2 amide bonds. The molecular formula is C18H24N2O4. The van der Waals surface area contributed by atoms with Crippen LogP contribution in [0.5, 0.6) is 0 Å². The van der Waals surface area contributed by atoms with E-state index < -0.39 is 18.1 Å². The zero-order chi connectivity index (χ0) is 17.5. The van der Waals surface area contributed by atoms with Crippen molar-refractivity contribution in [3.8, 4) is 0 Å². The quantitative estimate of drug-likeness (QED) is 0.701. The highest BCUT2D eigenvalue weighted by molar-refractivity contribution is 5.90. The summed E-state index contributed by atoms with van der Waals surface area (Å²) < 4.78 is 4.78. The molecule has 0 heterocycles. The van der Waals surface area contributed by atoms with Gasteiger partial charge in [-0.05, 0) is 17.9 Å². The molecule has 1 aliphatic carbocycles. The SMILES string of the molecule is COC(=O)[C@@H](CC1CC1)NC(=O)[C@@H](Cc1ccccc1)NC(C)=O. The maximum Gasteiger partial charge on any atom is 0.328 e. The van der Waals surface area contributed by atoms with Gasteiger partial charge in [0, 0.05) is 13.3 Å². The van der Waals surface area contributed by atoms with Gasteiger partial charge in [0.2, 0.25) is 11.8 Å². The number of hydrogen-bond donors (Lipinski definition) is 2. The number of rotatable bonds is 8. The Morgan fingerprint density at radius 3 is 2.33 bits per heavy atom. The van der Waals surface area contributed by atoms with Gasteiger partial charge in [-0.3, -0.25) is 9.59 Å². The van der Waals surface area contributed by atoms with Crippen molar-refractivity contribution in [2.45, 2.75) is 44.7 Å². The van der Waals surface area contributed by atoms with Gasteiger partial charge in [0.05, 0.1) is 7.11 Å². The van der Waals surface area contributed by atoms with Crippen molar-refractivity contribution in [3.05, 3.63) is 35.9 Å². The Labute approximate surface area is 142 Å². The molecule has 2 rings (SSSR count). The summed E-state index contributed by atoms with van der Waals surface area (Å²) in [4.78, 5) is 35.9. The predicted molar refractivity (Wildman–Crippen MR) is 89.0 cm³/mol. The van der Waals surface area contributed by atoms with Crippen LogP contribution in [0.25, 0.3) is 0 Å². The van der Waals surface area contributed by atoms with E-state index >= 15 is 0 Å². The van der Waals surface area contributed by atoms with E-state index in [-0.39, 0.29) is 11.8 Å². The average Bonchev–Trinajstić information content (AvgIpc) is 3.37. The molecule has 2 atom stereocenters. The van der Waals surface area contributed by atoms with Crippen molar-refractivity contribution in [1.29, 1.82) is 0 Å². The first-order chi connectivity index (χ1) is 11.5. The fourth-order valence-corrected chi connectivity index (χ4v) is 2.62. The first-order valence-corrected chi connectivity index (χ1v) is 8.18. The lowest BCUT2D eigenvalue weighted by atomic mass is 10.0. The molecule has 1 aromatic carbocycles. The van der Waals surface area contributed by atoms with Crippen molar-refractivity contribution >= 4 is 17.8 Å². The third kappa shape index (κ3) is 5.68. The van der Waals surface area contributed by atoms with Gasteiger partial charge in [-0.25, -0.2) is 4.79 Å². The number of hydrogen-bond acceptors (Lipinski definition) is 4. The van der Waals surface area contributed by atoms with Crippen LogP contribution in [-0.4, -0.2) is 37.0 Å². The third-order valence-electron chi connectivity index (χ3n) is 4.04. The van der Waals surface area contributed by atoms with E-state index in [1.165, 1.54) is 14.0 Å². The molecule has 1 aromatic rings. The van der Waals surface area contributed by atoms with Gasteiger partial charge in [-0.15, -0.1) is 0 Å². The maximum absolute atomic E-state index is 12.6. The van der Waals surface area contributed by atoms with Crippen molar-refractivity contribution in [1.82, 2.24) is 10.6 Å². The molecule has 0 unspecified atom stereocenters. The topological polar surface area (TPSA) is 84.5 Å². The second-order valence-corrected chi connectivity index (χ2v) is 6.21. The van der Waals surface area contributed by atoms with E-state index in [1.807, 2.05) is 30.3 Å². The zero-order valence-electron chi connectivity index (χ0n) is 14.1. The second-order valence-electron chi connectivity index (χ2n) is 6.21. The number of nitrogens with one attached hydrogen (secondary N) is 2. The Hall–Kier alpha value is -2.37. The van der Waals surface area contributed by atoms with Crippen LogP contribution in [0.2, 0.25) is 0 Å². The molecule has 0 spiro atoms. The van der Waals surface area contributed by atoms with E-state index in [0.29, 0.717) is 18.8 Å². The number of amides is 2. The fraction of sp³-hybridized carbons (Fsp3) is 0.500. The maximum atomic E-state index is 12.6. The predicted octanol–water partition coefficient (Wildman–Crippen LogP) is 1.19. The van der Waals surface area contributed by atoms with Crippen LogP contribution in [0, 0.1) is 5.92 Å². The molecule has 0 bridgehead atoms. The molecule has 1 fully saturated rings. The lowest BCUT2D eigenvalue weighted by Crippen LogP contribution is -2.52. The zero-order valence-corrected chi connectivity index (χ0v) is 14.1. The number of benzene rings is 1. The van der Waals surface area contributed by atoms with Crippen molar-refractivity contribution in [2.75, 3.05) is 7.11 Å². The Morgan fingerprint density at radius 1 is 1.12 bits per heavy atom. The lowest BCUT2D eigenvalue weighted by molar-refractivity contribution is -0.145. The van der Waals surface area contributed by atoms with Crippen LogP contribution in [0.1, 0.15) is 31.7 Å². The van der Waals surface area contributed by atoms with E-state index in [0.717, 1.165) is 18.4 Å². The van der Waals surface area contributed by atoms with Gasteiger partial charge in [0.1, 0.15) is 12.1 Å². The minimum Gasteiger partial charge on any atom is -0.467 e. The van der Waals surface area contributed by atoms with Crippen molar-refractivity contribution < 1.29 is 19.1 Å². The summed E-state index contributed by atoms with van der Waals surface area (Å²) in [5.74, 6) is -0.646. The Balaban J connectivity index is 2.04. The summed E-state index contributed by atoms with van der Waals surface area (Å²) in [5, 5.41) is 5.39. The summed E-state index contributed by atoms with van der Waals surface area (Å²) in [6.45, 7) is 1.37. The van der Waals surface area contributed by atoms with Gasteiger partial charge in [0.25, 0.3) is 0 Å². The van der Waals surface area contributed by atoms with Crippen LogP contribution in [-0.2, 0) is 25.5 Å². The summed E-state index contributed by atoms with van der Waals surface area (Å²) in [5.41, 5.74) is 0.934. The van der Waals surface area contributed by atoms with Gasteiger partial charge >= 0.3 is 5.97 Å². The molecule has 0 aromatic heterocycles. The average molecular weight is 332 g/mol. The van der Waals surface area contributed by atoms with Crippen molar-refractivity contribution in [3.63, 3.8) is 0 Å². The number of carbonyl (C=O) groups is 3. The first-order valence-electron chi connectivity index (χ1n) is 8.18. The van der Waals surface area contributed by atoms with Gasteiger partial charge in [-0.2, -0.15) is 0 Å². The van der Waals surface area contributed by atoms with E-state index in [1.54, 1.807) is 0 Å². The Kier molecular flexibility index (Phi) is 6.35. The first kappa shape index (κ1) is 18.0. The summed E-state index contributed by atoms with van der Waals surface area (Å²) in [6, 6.07) is 8.04. The number of esters is 1.